The zero-order valence-electron chi connectivity index (χ0n) is 9.24. The first-order valence-corrected chi connectivity index (χ1v) is 5.66. The Bertz CT molecular complexity index is 359. The summed E-state index contributed by atoms with van der Waals surface area (Å²) in [6.07, 6.45) is 8.13. The van der Waals surface area contributed by atoms with Gasteiger partial charge in [0.2, 0.25) is 0 Å². The molecule has 0 aliphatic heterocycles. The predicted molar refractivity (Wildman–Crippen MR) is 63.6 cm³/mol. The molecule has 1 fully saturated rings. The molecule has 80 valence electrons. The maximum Gasteiger partial charge on any atom is 0.0830 e. The molecule has 1 aromatic carbocycles. The third kappa shape index (κ3) is 2.69. The van der Waals surface area contributed by atoms with E-state index >= 15 is 0 Å². The Kier molecular flexibility index (Phi) is 2.92. The minimum Gasteiger partial charge on any atom is -0.386 e. The van der Waals surface area contributed by atoms with Gasteiger partial charge >= 0.3 is 0 Å². The summed E-state index contributed by atoms with van der Waals surface area (Å²) >= 11 is 0. The second-order valence-corrected chi connectivity index (χ2v) is 4.56. The monoisotopic (exact) mass is 202 g/mol. The van der Waals surface area contributed by atoms with Gasteiger partial charge in [0.05, 0.1) is 5.60 Å². The van der Waals surface area contributed by atoms with Gasteiger partial charge in [-0.05, 0) is 25.3 Å². The Morgan fingerprint density at radius 1 is 1.27 bits per heavy atom. The van der Waals surface area contributed by atoms with Crippen LogP contribution in [0.4, 0.5) is 0 Å². The van der Waals surface area contributed by atoms with Crippen LogP contribution >= 0.6 is 0 Å². The third-order valence-corrected chi connectivity index (χ3v) is 3.10. The summed E-state index contributed by atoms with van der Waals surface area (Å²) in [6.45, 7) is 2.08. The first-order chi connectivity index (χ1) is 7.18. The van der Waals surface area contributed by atoms with Gasteiger partial charge in [0, 0.05) is 0 Å². The summed E-state index contributed by atoms with van der Waals surface area (Å²) in [4.78, 5) is 0. The van der Waals surface area contributed by atoms with E-state index in [0.29, 0.717) is 0 Å². The fourth-order valence-electron chi connectivity index (χ4n) is 2.18. The van der Waals surface area contributed by atoms with E-state index in [1.165, 1.54) is 11.1 Å². The van der Waals surface area contributed by atoms with Crippen molar-refractivity contribution in [3.8, 4) is 0 Å². The highest BCUT2D eigenvalue weighted by atomic mass is 16.3. The first-order valence-electron chi connectivity index (χ1n) is 5.66. The molecule has 0 amide bonds. The van der Waals surface area contributed by atoms with E-state index in [2.05, 4.69) is 25.1 Å². The average Bonchev–Trinajstić information content (AvgIpc) is 2.63. The van der Waals surface area contributed by atoms with Crippen molar-refractivity contribution in [1.29, 1.82) is 0 Å². The first kappa shape index (κ1) is 10.4. The van der Waals surface area contributed by atoms with Gasteiger partial charge in [0.1, 0.15) is 0 Å². The topological polar surface area (TPSA) is 20.2 Å². The normalized spacial score (nSPS) is 19.9. The van der Waals surface area contributed by atoms with Crippen molar-refractivity contribution in [3.05, 3.63) is 41.5 Å². The molecule has 0 aromatic heterocycles. The number of aryl methyl sites for hydroxylation is 1. The Labute approximate surface area is 91.4 Å². The SMILES string of the molecule is Cc1cccc(/C=C\C2(O)CCCC2)c1. The van der Waals surface area contributed by atoms with E-state index in [4.69, 9.17) is 0 Å². The molecule has 1 nitrogen and oxygen atoms in total. The van der Waals surface area contributed by atoms with Crippen LogP contribution in [0.3, 0.4) is 0 Å². The van der Waals surface area contributed by atoms with E-state index in [0.717, 1.165) is 25.7 Å². The summed E-state index contributed by atoms with van der Waals surface area (Å²) in [5.41, 5.74) is 1.90. The Morgan fingerprint density at radius 3 is 2.67 bits per heavy atom. The summed E-state index contributed by atoms with van der Waals surface area (Å²) in [7, 11) is 0. The molecule has 0 atom stereocenters. The number of hydrogen-bond acceptors (Lipinski definition) is 1. The van der Waals surface area contributed by atoms with E-state index in [9.17, 15) is 5.11 Å². The van der Waals surface area contributed by atoms with Gasteiger partial charge in [0.15, 0.2) is 0 Å². The highest BCUT2D eigenvalue weighted by Crippen LogP contribution is 2.31. The van der Waals surface area contributed by atoms with E-state index in [-0.39, 0.29) is 0 Å². The molecule has 1 N–H and O–H groups in total. The lowest BCUT2D eigenvalue weighted by molar-refractivity contribution is 0.100. The fraction of sp³-hybridized carbons (Fsp3) is 0.429. The van der Waals surface area contributed by atoms with Gasteiger partial charge in [0.25, 0.3) is 0 Å². The Hall–Kier alpha value is -1.08. The van der Waals surface area contributed by atoms with Crippen LogP contribution in [0.15, 0.2) is 30.3 Å². The molecule has 15 heavy (non-hydrogen) atoms. The van der Waals surface area contributed by atoms with Crippen molar-refractivity contribution in [2.45, 2.75) is 38.2 Å². The summed E-state index contributed by atoms with van der Waals surface area (Å²) < 4.78 is 0. The number of benzene rings is 1. The maximum atomic E-state index is 10.1. The van der Waals surface area contributed by atoms with Crippen LogP contribution in [-0.2, 0) is 0 Å². The van der Waals surface area contributed by atoms with Gasteiger partial charge in [-0.2, -0.15) is 0 Å². The molecule has 1 aromatic rings. The van der Waals surface area contributed by atoms with Gasteiger partial charge in [-0.1, -0.05) is 54.8 Å². The lowest BCUT2D eigenvalue weighted by Gasteiger charge is -2.16. The molecule has 0 unspecified atom stereocenters. The van der Waals surface area contributed by atoms with Crippen molar-refractivity contribution in [3.63, 3.8) is 0 Å². The van der Waals surface area contributed by atoms with E-state index < -0.39 is 5.60 Å². The molecule has 2 rings (SSSR count). The average molecular weight is 202 g/mol. The highest BCUT2D eigenvalue weighted by Gasteiger charge is 2.27. The smallest absolute Gasteiger partial charge is 0.0830 e. The van der Waals surface area contributed by atoms with Crippen LogP contribution in [0, 0.1) is 6.92 Å². The van der Waals surface area contributed by atoms with Crippen molar-refractivity contribution in [2.24, 2.45) is 0 Å². The minimum atomic E-state index is -0.538. The molecular formula is C14H18O. The molecule has 1 aliphatic rings. The van der Waals surface area contributed by atoms with Crippen LogP contribution in [0.2, 0.25) is 0 Å². The van der Waals surface area contributed by atoms with Crippen LogP contribution in [-0.4, -0.2) is 10.7 Å². The number of hydrogen-bond donors (Lipinski definition) is 1. The van der Waals surface area contributed by atoms with Gasteiger partial charge in [-0.15, -0.1) is 0 Å². The summed E-state index contributed by atoms with van der Waals surface area (Å²) in [6, 6.07) is 8.34. The molecule has 0 radical (unpaired) electrons. The second-order valence-electron chi connectivity index (χ2n) is 4.56. The number of aliphatic hydroxyl groups is 1. The molecule has 1 saturated carbocycles. The molecule has 0 spiro atoms. The molecule has 1 aliphatic carbocycles. The van der Waals surface area contributed by atoms with Crippen molar-refractivity contribution >= 4 is 6.08 Å². The van der Waals surface area contributed by atoms with Crippen LogP contribution in [0.25, 0.3) is 6.08 Å². The molecule has 0 heterocycles. The Morgan fingerprint density at radius 2 is 2.00 bits per heavy atom. The summed E-state index contributed by atoms with van der Waals surface area (Å²) in [5, 5.41) is 10.1. The Balaban J connectivity index is 2.10. The molecule has 1 heteroatoms. The van der Waals surface area contributed by atoms with E-state index in [1.807, 2.05) is 18.2 Å². The highest BCUT2D eigenvalue weighted by molar-refractivity contribution is 5.51. The van der Waals surface area contributed by atoms with Crippen LogP contribution in [0.1, 0.15) is 36.8 Å². The zero-order chi connectivity index (χ0) is 10.7. The largest absolute Gasteiger partial charge is 0.386 e. The molecule has 0 bridgehead atoms. The van der Waals surface area contributed by atoms with E-state index in [1.54, 1.807) is 0 Å². The van der Waals surface area contributed by atoms with Crippen LogP contribution in [0.5, 0.6) is 0 Å². The lowest BCUT2D eigenvalue weighted by Crippen LogP contribution is -2.19. The third-order valence-electron chi connectivity index (χ3n) is 3.10. The van der Waals surface area contributed by atoms with Crippen molar-refractivity contribution in [1.82, 2.24) is 0 Å². The van der Waals surface area contributed by atoms with Gasteiger partial charge in [-0.25, -0.2) is 0 Å². The zero-order valence-corrected chi connectivity index (χ0v) is 9.24. The molecular weight excluding hydrogens is 184 g/mol. The van der Waals surface area contributed by atoms with Crippen molar-refractivity contribution < 1.29 is 5.11 Å². The predicted octanol–water partition coefficient (Wildman–Crippen LogP) is 3.31. The van der Waals surface area contributed by atoms with Gasteiger partial charge in [-0.3, -0.25) is 0 Å². The fourth-order valence-corrected chi connectivity index (χ4v) is 2.18. The lowest BCUT2D eigenvalue weighted by atomic mass is 10.0. The quantitative estimate of drug-likeness (QED) is 0.780. The molecule has 0 saturated heterocycles. The van der Waals surface area contributed by atoms with Gasteiger partial charge < -0.3 is 5.11 Å². The second kappa shape index (κ2) is 4.19. The summed E-state index contributed by atoms with van der Waals surface area (Å²) in [5.74, 6) is 0. The maximum absolute atomic E-state index is 10.1. The van der Waals surface area contributed by atoms with Crippen molar-refractivity contribution in [2.75, 3.05) is 0 Å². The number of rotatable bonds is 2. The minimum absolute atomic E-state index is 0.538. The van der Waals surface area contributed by atoms with Crippen LogP contribution < -0.4 is 0 Å². The standard InChI is InChI=1S/C14H18O/c1-12-5-4-6-13(11-12)7-10-14(15)8-2-3-9-14/h4-7,10-11,15H,2-3,8-9H2,1H3/b10-7-.